The quantitative estimate of drug-likeness (QED) is 0.855. The minimum absolute atomic E-state index is 0.0495. The van der Waals surface area contributed by atoms with Crippen molar-refractivity contribution in [2.75, 3.05) is 29.9 Å². The van der Waals surface area contributed by atoms with E-state index in [-0.39, 0.29) is 24.4 Å². The van der Waals surface area contributed by atoms with E-state index in [1.165, 1.54) is 0 Å². The van der Waals surface area contributed by atoms with Crippen molar-refractivity contribution in [3.63, 3.8) is 0 Å². The molecule has 1 saturated carbocycles. The SMILES string of the molecule is CCN1C(=O)CCc2cc(NC(=O)N3C[C@@H]4CCC[C@@]4(C(=O)O)C3)ccc21. The number of hydrogen-bond acceptors (Lipinski definition) is 3. The van der Waals surface area contributed by atoms with Gasteiger partial charge in [0.25, 0.3) is 0 Å². The summed E-state index contributed by atoms with van der Waals surface area (Å²) in [5.41, 5.74) is 1.88. The molecule has 0 aromatic heterocycles. The number of aliphatic carboxylic acids is 1. The van der Waals surface area contributed by atoms with Gasteiger partial charge in [0.05, 0.1) is 5.41 Å². The van der Waals surface area contributed by atoms with E-state index in [4.69, 9.17) is 0 Å². The van der Waals surface area contributed by atoms with E-state index >= 15 is 0 Å². The number of carboxylic acids is 1. The Morgan fingerprint density at radius 3 is 2.85 bits per heavy atom. The molecule has 144 valence electrons. The number of anilines is 2. The summed E-state index contributed by atoms with van der Waals surface area (Å²) in [5, 5.41) is 12.6. The van der Waals surface area contributed by atoms with Crippen molar-refractivity contribution in [1.82, 2.24) is 4.90 Å². The molecule has 27 heavy (non-hydrogen) atoms. The van der Waals surface area contributed by atoms with Crippen LogP contribution in [0.3, 0.4) is 0 Å². The predicted molar refractivity (Wildman–Crippen MR) is 101 cm³/mol. The molecule has 0 bridgehead atoms. The van der Waals surface area contributed by atoms with Crippen molar-refractivity contribution in [3.8, 4) is 0 Å². The Labute approximate surface area is 158 Å². The molecule has 7 heteroatoms. The molecule has 1 aromatic rings. The van der Waals surface area contributed by atoms with Crippen LogP contribution in [0, 0.1) is 11.3 Å². The number of amides is 3. The number of likely N-dealkylation sites (tertiary alicyclic amines) is 1. The lowest BCUT2D eigenvalue weighted by molar-refractivity contribution is -0.149. The Morgan fingerprint density at radius 2 is 2.15 bits per heavy atom. The van der Waals surface area contributed by atoms with Gasteiger partial charge in [0.2, 0.25) is 5.91 Å². The van der Waals surface area contributed by atoms with Crippen LogP contribution >= 0.6 is 0 Å². The third kappa shape index (κ3) is 2.85. The predicted octanol–water partition coefficient (Wildman–Crippen LogP) is 2.70. The van der Waals surface area contributed by atoms with Gasteiger partial charge in [-0.15, -0.1) is 0 Å². The standard InChI is InChI=1S/C20H25N3O4/c1-2-23-16-7-6-15(10-13(16)5-8-17(23)24)21-19(27)22-11-14-4-3-9-20(14,12-22)18(25)26/h6-7,10,14H,2-5,8-9,11-12H2,1H3,(H,21,27)(H,25,26)/t14-,20+/m0/s1. The van der Waals surface area contributed by atoms with Gasteiger partial charge in [-0.1, -0.05) is 6.42 Å². The van der Waals surface area contributed by atoms with Gasteiger partial charge in [-0.3, -0.25) is 9.59 Å². The maximum absolute atomic E-state index is 12.7. The van der Waals surface area contributed by atoms with Crippen LogP contribution in [-0.2, 0) is 16.0 Å². The Kier molecular flexibility index (Phi) is 4.32. The highest BCUT2D eigenvalue weighted by atomic mass is 16.4. The second-order valence-corrected chi connectivity index (χ2v) is 7.84. The number of hydrogen-bond donors (Lipinski definition) is 2. The fourth-order valence-electron chi connectivity index (χ4n) is 4.98. The third-order valence-electron chi connectivity index (χ3n) is 6.43. The molecule has 3 amide bonds. The first-order valence-corrected chi connectivity index (χ1v) is 9.67. The fourth-order valence-corrected chi connectivity index (χ4v) is 4.98. The average molecular weight is 371 g/mol. The van der Waals surface area contributed by atoms with E-state index < -0.39 is 11.4 Å². The van der Waals surface area contributed by atoms with Gasteiger partial charge in [0.15, 0.2) is 0 Å². The molecule has 0 spiro atoms. The van der Waals surface area contributed by atoms with Crippen LogP contribution in [0.2, 0.25) is 0 Å². The van der Waals surface area contributed by atoms with E-state index in [1.807, 2.05) is 25.1 Å². The van der Waals surface area contributed by atoms with Crippen molar-refractivity contribution in [3.05, 3.63) is 23.8 Å². The van der Waals surface area contributed by atoms with E-state index in [0.717, 1.165) is 24.1 Å². The molecule has 1 saturated heterocycles. The molecule has 7 nitrogen and oxygen atoms in total. The summed E-state index contributed by atoms with van der Waals surface area (Å²) >= 11 is 0. The number of carbonyl (C=O) groups is 3. The zero-order valence-corrected chi connectivity index (χ0v) is 15.5. The monoisotopic (exact) mass is 371 g/mol. The minimum atomic E-state index is -0.779. The molecule has 1 aliphatic carbocycles. The first kappa shape index (κ1) is 17.8. The van der Waals surface area contributed by atoms with Crippen LogP contribution in [-0.4, -0.2) is 47.5 Å². The highest BCUT2D eigenvalue weighted by Gasteiger charge is 2.55. The van der Waals surface area contributed by atoms with E-state index in [0.29, 0.717) is 38.0 Å². The lowest BCUT2D eigenvalue weighted by Crippen LogP contribution is -2.38. The first-order valence-electron chi connectivity index (χ1n) is 9.67. The van der Waals surface area contributed by atoms with Gasteiger partial charge in [-0.25, -0.2) is 4.79 Å². The number of benzene rings is 1. The lowest BCUT2D eigenvalue weighted by atomic mass is 9.81. The molecule has 2 fully saturated rings. The fraction of sp³-hybridized carbons (Fsp3) is 0.550. The maximum Gasteiger partial charge on any atom is 0.321 e. The Balaban J connectivity index is 1.48. The van der Waals surface area contributed by atoms with Crippen LogP contribution in [0.15, 0.2) is 18.2 Å². The second kappa shape index (κ2) is 6.55. The van der Waals surface area contributed by atoms with Crippen molar-refractivity contribution in [2.24, 2.45) is 11.3 Å². The number of nitrogens with one attached hydrogen (secondary N) is 1. The van der Waals surface area contributed by atoms with Gasteiger partial charge < -0.3 is 20.2 Å². The molecule has 3 aliphatic rings. The maximum atomic E-state index is 12.7. The van der Waals surface area contributed by atoms with Crippen LogP contribution in [0.4, 0.5) is 16.2 Å². The Morgan fingerprint density at radius 1 is 1.33 bits per heavy atom. The molecule has 2 heterocycles. The largest absolute Gasteiger partial charge is 0.481 e. The second-order valence-electron chi connectivity index (χ2n) is 7.84. The number of nitrogens with zero attached hydrogens (tertiary/aromatic N) is 2. The molecule has 2 N–H and O–H groups in total. The van der Waals surface area contributed by atoms with Crippen molar-refractivity contribution < 1.29 is 19.5 Å². The number of urea groups is 1. The number of fused-ring (bicyclic) bond motifs is 2. The van der Waals surface area contributed by atoms with Crippen LogP contribution in [0.1, 0.15) is 38.2 Å². The first-order chi connectivity index (χ1) is 12.9. The highest BCUT2D eigenvalue weighted by Crippen LogP contribution is 2.49. The zero-order chi connectivity index (χ0) is 19.2. The number of carboxylic acid groups (broad SMARTS) is 1. The summed E-state index contributed by atoms with van der Waals surface area (Å²) < 4.78 is 0. The summed E-state index contributed by atoms with van der Waals surface area (Å²) in [6, 6.07) is 5.36. The molecule has 1 aromatic carbocycles. The molecule has 0 radical (unpaired) electrons. The Hall–Kier alpha value is -2.57. The Bertz CT molecular complexity index is 808. The zero-order valence-electron chi connectivity index (χ0n) is 15.5. The molecule has 0 unspecified atom stereocenters. The number of carbonyl (C=O) groups excluding carboxylic acids is 2. The topological polar surface area (TPSA) is 90.0 Å². The summed E-state index contributed by atoms with van der Waals surface area (Å²) in [4.78, 5) is 39.9. The van der Waals surface area contributed by atoms with E-state index in [2.05, 4.69) is 5.32 Å². The van der Waals surface area contributed by atoms with E-state index in [1.54, 1.807) is 9.80 Å². The highest BCUT2D eigenvalue weighted by molar-refractivity contribution is 5.97. The van der Waals surface area contributed by atoms with Gasteiger partial charge in [-0.05, 0) is 55.9 Å². The van der Waals surface area contributed by atoms with Crippen LogP contribution in [0.25, 0.3) is 0 Å². The van der Waals surface area contributed by atoms with Crippen molar-refractivity contribution in [2.45, 2.75) is 39.0 Å². The van der Waals surface area contributed by atoms with Gasteiger partial charge >= 0.3 is 12.0 Å². The van der Waals surface area contributed by atoms with Gasteiger partial charge in [-0.2, -0.15) is 0 Å². The smallest absolute Gasteiger partial charge is 0.321 e. The molecule has 2 atom stereocenters. The van der Waals surface area contributed by atoms with Crippen molar-refractivity contribution >= 4 is 29.3 Å². The third-order valence-corrected chi connectivity index (χ3v) is 6.43. The normalized spacial score (nSPS) is 26.7. The van der Waals surface area contributed by atoms with Gasteiger partial charge in [0.1, 0.15) is 0 Å². The lowest BCUT2D eigenvalue weighted by Gasteiger charge is -2.29. The molecule has 4 rings (SSSR count). The van der Waals surface area contributed by atoms with Crippen LogP contribution < -0.4 is 10.2 Å². The number of rotatable bonds is 3. The average Bonchev–Trinajstić information content (AvgIpc) is 3.20. The molecule has 2 aliphatic heterocycles. The summed E-state index contributed by atoms with van der Waals surface area (Å²) in [7, 11) is 0. The number of aryl methyl sites for hydroxylation is 1. The molecular weight excluding hydrogens is 346 g/mol. The van der Waals surface area contributed by atoms with Gasteiger partial charge in [0, 0.05) is 37.4 Å². The van der Waals surface area contributed by atoms with E-state index in [9.17, 15) is 19.5 Å². The minimum Gasteiger partial charge on any atom is -0.481 e. The summed E-state index contributed by atoms with van der Waals surface area (Å²) in [6.07, 6.45) is 3.59. The summed E-state index contributed by atoms with van der Waals surface area (Å²) in [5.74, 6) is -0.601. The van der Waals surface area contributed by atoms with Crippen LogP contribution in [0.5, 0.6) is 0 Å². The molecular formula is C20H25N3O4. The van der Waals surface area contributed by atoms with Crippen molar-refractivity contribution in [1.29, 1.82) is 0 Å². The summed E-state index contributed by atoms with van der Waals surface area (Å²) in [6.45, 7) is 3.36.